The van der Waals surface area contributed by atoms with Crippen molar-refractivity contribution in [1.82, 2.24) is 5.32 Å². The number of piperidine rings is 1. The lowest BCUT2D eigenvalue weighted by molar-refractivity contribution is -0.605. The zero-order valence-electron chi connectivity index (χ0n) is 15.2. The Hall–Kier alpha value is -1.84. The van der Waals surface area contributed by atoms with Crippen LogP contribution < -0.4 is 5.32 Å². The molecule has 2 aromatic rings. The van der Waals surface area contributed by atoms with Crippen LogP contribution in [0.2, 0.25) is 0 Å². The van der Waals surface area contributed by atoms with Gasteiger partial charge in [-0.2, -0.15) is 0 Å². The first-order valence-electron chi connectivity index (χ1n) is 8.67. The highest BCUT2D eigenvalue weighted by Crippen LogP contribution is 2.47. The van der Waals surface area contributed by atoms with Crippen LogP contribution >= 0.6 is 31.9 Å². The second kappa shape index (κ2) is 7.88. The van der Waals surface area contributed by atoms with E-state index in [0.29, 0.717) is 11.1 Å². The molecular weight excluding hydrogens is 494 g/mol. The molecule has 1 N–H and O–H groups in total. The molecule has 28 heavy (non-hydrogen) atoms. The Morgan fingerprint density at radius 2 is 1.25 bits per heavy atom. The topological polar surface area (TPSA) is 98.3 Å². The lowest BCUT2D eigenvalue weighted by atomic mass is 9.66. The summed E-state index contributed by atoms with van der Waals surface area (Å²) in [6.45, 7) is 3.23. The van der Waals surface area contributed by atoms with Crippen LogP contribution in [0.5, 0.6) is 0 Å². The van der Waals surface area contributed by atoms with Gasteiger partial charge in [0.25, 0.3) is 0 Å². The fraction of sp³-hybridized carbons (Fsp3) is 0.368. The van der Waals surface area contributed by atoms with Crippen LogP contribution in [0.4, 0.5) is 0 Å². The monoisotopic (exact) mass is 511 g/mol. The zero-order chi connectivity index (χ0) is 20.6. The number of hydrogen-bond acceptors (Lipinski definition) is 5. The van der Waals surface area contributed by atoms with Gasteiger partial charge in [0.1, 0.15) is 17.5 Å². The molecule has 1 fully saturated rings. The number of halogens is 2. The van der Waals surface area contributed by atoms with Crippen LogP contribution in [0.25, 0.3) is 0 Å². The number of nitrogens with zero attached hydrogens (tertiary/aromatic N) is 2. The minimum Gasteiger partial charge on any atom is -0.291 e. The normalized spacial score (nSPS) is 26.6. The minimum absolute atomic E-state index is 0.397. The zero-order valence-corrected chi connectivity index (χ0v) is 18.4. The Labute approximate surface area is 179 Å². The molecule has 1 saturated heterocycles. The van der Waals surface area contributed by atoms with Crippen molar-refractivity contribution in [3.05, 3.63) is 88.8 Å². The van der Waals surface area contributed by atoms with Crippen LogP contribution in [-0.4, -0.2) is 21.9 Å². The van der Waals surface area contributed by atoms with E-state index in [-0.39, 0.29) is 0 Å². The number of nitrogens with one attached hydrogen (secondary N) is 1. The maximum atomic E-state index is 12.0. The minimum atomic E-state index is -1.20. The molecule has 0 aliphatic carbocycles. The molecule has 9 heteroatoms. The van der Waals surface area contributed by atoms with Crippen LogP contribution in [0.15, 0.2) is 57.5 Å². The predicted octanol–water partition coefficient (Wildman–Crippen LogP) is 4.91. The lowest BCUT2D eigenvalue weighted by Gasteiger charge is -2.44. The third-order valence-electron chi connectivity index (χ3n) is 5.39. The second-order valence-electron chi connectivity index (χ2n) is 7.51. The van der Waals surface area contributed by atoms with Crippen LogP contribution in [0.3, 0.4) is 0 Å². The van der Waals surface area contributed by atoms with Gasteiger partial charge in [0.05, 0.1) is 0 Å². The summed E-state index contributed by atoms with van der Waals surface area (Å²) in [7, 11) is 0. The van der Waals surface area contributed by atoms with Crippen LogP contribution in [-0.2, 0) is 0 Å². The van der Waals surface area contributed by atoms with Gasteiger partial charge in [0, 0.05) is 18.8 Å². The Morgan fingerprint density at radius 1 is 0.857 bits per heavy atom. The highest BCUT2D eigenvalue weighted by atomic mass is 79.9. The van der Waals surface area contributed by atoms with Crippen molar-refractivity contribution in [2.45, 2.75) is 38.0 Å². The van der Waals surface area contributed by atoms with Gasteiger partial charge in [0.15, 0.2) is 0 Å². The first kappa shape index (κ1) is 20.9. The molecule has 0 saturated carbocycles. The summed E-state index contributed by atoms with van der Waals surface area (Å²) in [6, 6.07) is 10.8. The summed E-state index contributed by atoms with van der Waals surface area (Å²) in [5, 5.41) is 27.3. The third-order valence-corrected chi connectivity index (χ3v) is 6.37. The van der Waals surface area contributed by atoms with E-state index in [1.807, 2.05) is 24.3 Å². The molecule has 4 atom stereocenters. The molecule has 0 bridgehead atoms. The van der Waals surface area contributed by atoms with E-state index >= 15 is 0 Å². The molecule has 1 aliphatic heterocycles. The average molecular weight is 513 g/mol. The molecule has 3 rings (SSSR count). The highest BCUT2D eigenvalue weighted by Gasteiger charge is 2.62. The second-order valence-corrected chi connectivity index (χ2v) is 9.35. The number of hydrogen-bond donors (Lipinski definition) is 1. The summed E-state index contributed by atoms with van der Waals surface area (Å²) < 4.78 is 1.59. The molecule has 0 amide bonds. The first-order chi connectivity index (χ1) is 13.1. The van der Waals surface area contributed by atoms with Crippen molar-refractivity contribution in [2.75, 3.05) is 0 Å². The standard InChI is InChI=1S/C19H19Br2N3O4/c1-19(2)17(23(25)26)15(11-5-3-7-13(20)9-11)22-16(18(19)24(27)28)12-6-4-8-14(21)10-12/h3-10,15-18,22H,1-2H3/t15-,16+,17-,18-/m0/s1. The Morgan fingerprint density at radius 3 is 1.57 bits per heavy atom. The Bertz CT molecular complexity index is 850. The molecule has 0 unspecified atom stereocenters. The van der Waals surface area contributed by atoms with E-state index in [4.69, 9.17) is 0 Å². The van der Waals surface area contributed by atoms with Crippen molar-refractivity contribution >= 4 is 31.9 Å². The van der Waals surface area contributed by atoms with Crippen molar-refractivity contribution in [3.8, 4) is 0 Å². The van der Waals surface area contributed by atoms with Crippen molar-refractivity contribution < 1.29 is 9.85 Å². The highest BCUT2D eigenvalue weighted by molar-refractivity contribution is 9.10. The molecule has 0 spiro atoms. The maximum Gasteiger partial charge on any atom is 0.243 e. The van der Waals surface area contributed by atoms with E-state index < -0.39 is 39.4 Å². The van der Waals surface area contributed by atoms with E-state index in [1.165, 1.54) is 0 Å². The van der Waals surface area contributed by atoms with Gasteiger partial charge in [-0.3, -0.25) is 25.5 Å². The lowest BCUT2D eigenvalue weighted by Crippen LogP contribution is -2.63. The fourth-order valence-electron chi connectivity index (χ4n) is 4.15. The molecule has 2 aromatic carbocycles. The molecule has 0 aromatic heterocycles. The molecule has 148 valence electrons. The largest absolute Gasteiger partial charge is 0.291 e. The van der Waals surface area contributed by atoms with Gasteiger partial charge in [-0.15, -0.1) is 0 Å². The van der Waals surface area contributed by atoms with Gasteiger partial charge >= 0.3 is 0 Å². The summed E-state index contributed by atoms with van der Waals surface area (Å²) in [4.78, 5) is 23.3. The molecule has 1 aliphatic rings. The Kier molecular flexibility index (Phi) is 5.88. The summed E-state index contributed by atoms with van der Waals surface area (Å²) >= 11 is 6.81. The molecular formula is C19H19Br2N3O4. The van der Waals surface area contributed by atoms with Crippen LogP contribution in [0.1, 0.15) is 37.1 Å². The van der Waals surface area contributed by atoms with Gasteiger partial charge in [-0.05, 0) is 49.2 Å². The van der Waals surface area contributed by atoms with E-state index in [0.717, 1.165) is 8.95 Å². The van der Waals surface area contributed by atoms with Gasteiger partial charge < -0.3 is 0 Å². The maximum absolute atomic E-state index is 12.0. The molecule has 7 nitrogen and oxygen atoms in total. The number of nitro groups is 2. The first-order valence-corrected chi connectivity index (χ1v) is 10.3. The summed E-state index contributed by atoms with van der Waals surface area (Å²) in [5.74, 6) is 0. The predicted molar refractivity (Wildman–Crippen MR) is 112 cm³/mol. The quantitative estimate of drug-likeness (QED) is 0.463. The third kappa shape index (κ3) is 3.83. The average Bonchev–Trinajstić information content (AvgIpc) is 2.59. The van der Waals surface area contributed by atoms with Crippen molar-refractivity contribution in [2.24, 2.45) is 5.41 Å². The van der Waals surface area contributed by atoms with Gasteiger partial charge in [-0.1, -0.05) is 56.1 Å². The summed E-state index contributed by atoms with van der Waals surface area (Å²) in [6.07, 6.45) is 0. The van der Waals surface area contributed by atoms with Gasteiger partial charge in [0.2, 0.25) is 12.1 Å². The summed E-state index contributed by atoms with van der Waals surface area (Å²) in [5.41, 5.74) is 0.231. The van der Waals surface area contributed by atoms with E-state index in [1.54, 1.807) is 38.1 Å². The van der Waals surface area contributed by atoms with E-state index in [2.05, 4.69) is 37.2 Å². The van der Waals surface area contributed by atoms with Crippen molar-refractivity contribution in [3.63, 3.8) is 0 Å². The van der Waals surface area contributed by atoms with Gasteiger partial charge in [-0.25, -0.2) is 0 Å². The number of benzene rings is 2. The number of rotatable bonds is 4. The van der Waals surface area contributed by atoms with E-state index in [9.17, 15) is 20.2 Å². The fourth-order valence-corrected chi connectivity index (χ4v) is 4.99. The molecule has 0 radical (unpaired) electrons. The van der Waals surface area contributed by atoms with Crippen molar-refractivity contribution in [1.29, 1.82) is 0 Å². The van der Waals surface area contributed by atoms with Crippen LogP contribution in [0, 0.1) is 25.6 Å². The Balaban J connectivity index is 2.18. The smallest absolute Gasteiger partial charge is 0.243 e. The molecule has 1 heterocycles. The SMILES string of the molecule is CC1(C)[C@@H]([N+](=O)[O-])[C@@H](c2cccc(Br)c2)N[C@@H](c2cccc(Br)c2)[C@@H]1[N+](=O)[O-].